The zero-order valence-corrected chi connectivity index (χ0v) is 15.0. The number of aromatic nitrogens is 2. The van der Waals surface area contributed by atoms with Crippen LogP contribution in [0.2, 0.25) is 0 Å². The molecule has 0 aliphatic heterocycles. The zero-order chi connectivity index (χ0) is 18.4. The highest BCUT2D eigenvalue weighted by Gasteiger charge is 2.13. The fourth-order valence-electron chi connectivity index (χ4n) is 2.38. The number of nitrogens with one attached hydrogen (secondary N) is 1. The fraction of sp³-hybridized carbons (Fsp3) is 0.100. The van der Waals surface area contributed by atoms with Gasteiger partial charge < -0.3 is 5.32 Å². The number of rotatable bonds is 5. The fourth-order valence-corrected chi connectivity index (χ4v) is 3.31. The number of amides is 1. The van der Waals surface area contributed by atoms with Gasteiger partial charge in [0.2, 0.25) is 0 Å². The first kappa shape index (κ1) is 17.6. The van der Waals surface area contributed by atoms with Crippen molar-refractivity contribution in [1.29, 1.82) is 5.26 Å². The minimum absolute atomic E-state index is 0.196. The maximum Gasteiger partial charge on any atom is 0.258 e. The van der Waals surface area contributed by atoms with Gasteiger partial charge in [-0.1, -0.05) is 12.1 Å². The van der Waals surface area contributed by atoms with Crippen LogP contribution in [0.25, 0.3) is 0 Å². The van der Waals surface area contributed by atoms with E-state index < -0.39 is 0 Å². The van der Waals surface area contributed by atoms with Crippen LogP contribution in [0.4, 0.5) is 5.69 Å². The van der Waals surface area contributed by atoms with E-state index in [1.807, 2.05) is 43.3 Å². The number of aryl methyl sites for hydroxylation is 1. The second kappa shape index (κ2) is 8.28. The molecule has 0 aliphatic carbocycles. The second-order valence-electron chi connectivity index (χ2n) is 5.63. The lowest BCUT2D eigenvalue weighted by atomic mass is 10.2. The van der Waals surface area contributed by atoms with Crippen LogP contribution in [0.1, 0.15) is 27.2 Å². The van der Waals surface area contributed by atoms with Gasteiger partial charge in [-0.25, -0.2) is 9.97 Å². The van der Waals surface area contributed by atoms with Crippen LogP contribution in [0.5, 0.6) is 0 Å². The van der Waals surface area contributed by atoms with Crippen LogP contribution in [0.15, 0.2) is 66.0 Å². The maximum atomic E-state index is 12.6. The quantitative estimate of drug-likeness (QED) is 0.690. The van der Waals surface area contributed by atoms with E-state index >= 15 is 0 Å². The average molecular weight is 360 g/mol. The summed E-state index contributed by atoms with van der Waals surface area (Å²) in [6.07, 6.45) is 3.28. The summed E-state index contributed by atoms with van der Waals surface area (Å²) in [6, 6.07) is 16.8. The van der Waals surface area contributed by atoms with Gasteiger partial charge in [-0.15, -0.1) is 11.8 Å². The van der Waals surface area contributed by atoms with Gasteiger partial charge in [0, 0.05) is 23.8 Å². The molecular weight excluding hydrogens is 344 g/mol. The first-order valence-electron chi connectivity index (χ1n) is 7.96. The van der Waals surface area contributed by atoms with Gasteiger partial charge in [0.1, 0.15) is 16.8 Å². The van der Waals surface area contributed by atoms with Crippen LogP contribution >= 0.6 is 11.8 Å². The van der Waals surface area contributed by atoms with Crippen molar-refractivity contribution >= 4 is 23.4 Å². The third-order valence-corrected chi connectivity index (χ3v) is 4.68. The van der Waals surface area contributed by atoms with E-state index in [1.54, 1.807) is 30.6 Å². The molecule has 5 nitrogen and oxygen atoms in total. The summed E-state index contributed by atoms with van der Waals surface area (Å²) in [6.45, 7) is 1.98. The highest BCUT2D eigenvalue weighted by atomic mass is 32.2. The summed E-state index contributed by atoms with van der Waals surface area (Å²) in [4.78, 5) is 20.9. The van der Waals surface area contributed by atoms with Crippen molar-refractivity contribution in [3.63, 3.8) is 0 Å². The standard InChI is InChI=1S/C20H16N4OS/c1-14-4-2-5-16(10-14)24-19(25)18-6-3-8-23-20(18)26-13-15-7-9-22-17(11-15)12-21/h2-11H,13H2,1H3,(H,24,25). The normalized spacial score (nSPS) is 10.2. The first-order valence-corrected chi connectivity index (χ1v) is 8.95. The summed E-state index contributed by atoms with van der Waals surface area (Å²) in [5.41, 5.74) is 3.68. The number of nitriles is 1. The van der Waals surface area contributed by atoms with Crippen molar-refractivity contribution in [2.45, 2.75) is 17.7 Å². The van der Waals surface area contributed by atoms with Crippen LogP contribution in [0.3, 0.4) is 0 Å². The minimum atomic E-state index is -0.196. The molecule has 0 bridgehead atoms. The molecule has 2 aromatic heterocycles. The SMILES string of the molecule is Cc1cccc(NC(=O)c2cccnc2SCc2ccnc(C#N)c2)c1. The third kappa shape index (κ3) is 4.47. The summed E-state index contributed by atoms with van der Waals surface area (Å²) < 4.78 is 0. The van der Waals surface area contributed by atoms with E-state index in [0.717, 1.165) is 16.8 Å². The Hall–Kier alpha value is -3.17. The molecule has 3 aromatic rings. The molecule has 0 unspecified atom stereocenters. The molecule has 0 saturated carbocycles. The van der Waals surface area contributed by atoms with Gasteiger partial charge in [-0.05, 0) is 54.4 Å². The van der Waals surface area contributed by atoms with Crippen molar-refractivity contribution in [2.24, 2.45) is 0 Å². The number of pyridine rings is 2. The summed E-state index contributed by atoms with van der Waals surface area (Å²) >= 11 is 1.45. The van der Waals surface area contributed by atoms with Gasteiger partial charge in [-0.3, -0.25) is 4.79 Å². The van der Waals surface area contributed by atoms with E-state index in [2.05, 4.69) is 15.3 Å². The Morgan fingerprint density at radius 3 is 2.85 bits per heavy atom. The topological polar surface area (TPSA) is 78.7 Å². The molecule has 3 rings (SSSR count). The molecular formula is C20H16N4OS. The summed E-state index contributed by atoms with van der Waals surface area (Å²) in [5.74, 6) is 0.400. The molecule has 1 N–H and O–H groups in total. The number of nitrogens with zero attached hydrogens (tertiary/aromatic N) is 3. The molecule has 0 radical (unpaired) electrons. The number of hydrogen-bond acceptors (Lipinski definition) is 5. The Morgan fingerprint density at radius 2 is 2.04 bits per heavy atom. The predicted molar refractivity (Wildman–Crippen MR) is 102 cm³/mol. The van der Waals surface area contributed by atoms with Gasteiger partial charge in [-0.2, -0.15) is 5.26 Å². The highest BCUT2D eigenvalue weighted by Crippen LogP contribution is 2.25. The molecule has 0 saturated heterocycles. The number of carbonyl (C=O) groups is 1. The molecule has 1 amide bonds. The predicted octanol–water partition coefficient (Wildman–Crippen LogP) is 4.20. The lowest BCUT2D eigenvalue weighted by molar-refractivity contribution is 0.102. The van der Waals surface area contributed by atoms with Crippen molar-refractivity contribution in [1.82, 2.24) is 9.97 Å². The Labute approximate surface area is 156 Å². The van der Waals surface area contributed by atoms with Crippen molar-refractivity contribution in [3.8, 4) is 6.07 Å². The maximum absolute atomic E-state index is 12.6. The molecule has 26 heavy (non-hydrogen) atoms. The van der Waals surface area contributed by atoms with Gasteiger partial charge in [0.25, 0.3) is 5.91 Å². The number of benzene rings is 1. The van der Waals surface area contributed by atoms with E-state index in [0.29, 0.717) is 22.0 Å². The van der Waals surface area contributed by atoms with Crippen molar-refractivity contribution < 1.29 is 4.79 Å². The van der Waals surface area contributed by atoms with E-state index in [9.17, 15) is 4.79 Å². The van der Waals surface area contributed by atoms with Gasteiger partial charge in [0.15, 0.2) is 0 Å². The number of thioether (sulfide) groups is 1. The van der Waals surface area contributed by atoms with Crippen LogP contribution < -0.4 is 5.32 Å². The molecule has 0 fully saturated rings. The molecule has 2 heterocycles. The Kier molecular flexibility index (Phi) is 5.62. The van der Waals surface area contributed by atoms with Crippen LogP contribution in [0, 0.1) is 18.3 Å². The Morgan fingerprint density at radius 1 is 1.15 bits per heavy atom. The lowest BCUT2D eigenvalue weighted by Crippen LogP contribution is -2.13. The van der Waals surface area contributed by atoms with E-state index in [-0.39, 0.29) is 5.91 Å². The lowest BCUT2D eigenvalue weighted by Gasteiger charge is -2.09. The average Bonchev–Trinajstić information content (AvgIpc) is 2.67. The highest BCUT2D eigenvalue weighted by molar-refractivity contribution is 7.98. The van der Waals surface area contributed by atoms with Gasteiger partial charge in [0.05, 0.1) is 5.56 Å². The molecule has 0 aliphatic rings. The zero-order valence-electron chi connectivity index (χ0n) is 14.1. The van der Waals surface area contributed by atoms with E-state index in [1.165, 1.54) is 11.8 Å². The summed E-state index contributed by atoms with van der Waals surface area (Å²) in [7, 11) is 0. The Balaban J connectivity index is 1.75. The number of hydrogen-bond donors (Lipinski definition) is 1. The van der Waals surface area contributed by atoms with Crippen LogP contribution in [-0.2, 0) is 5.75 Å². The number of carbonyl (C=O) groups excluding carboxylic acids is 1. The first-order chi connectivity index (χ1) is 12.7. The third-order valence-electron chi connectivity index (χ3n) is 3.61. The second-order valence-corrected chi connectivity index (χ2v) is 6.59. The monoisotopic (exact) mass is 360 g/mol. The molecule has 0 atom stereocenters. The van der Waals surface area contributed by atoms with Crippen molar-refractivity contribution in [3.05, 3.63) is 83.3 Å². The molecule has 0 spiro atoms. The minimum Gasteiger partial charge on any atom is -0.322 e. The van der Waals surface area contributed by atoms with Crippen molar-refractivity contribution in [2.75, 3.05) is 5.32 Å². The molecule has 6 heteroatoms. The van der Waals surface area contributed by atoms with Crippen LogP contribution in [-0.4, -0.2) is 15.9 Å². The Bertz CT molecular complexity index is 981. The molecule has 128 valence electrons. The smallest absolute Gasteiger partial charge is 0.258 e. The summed E-state index contributed by atoms with van der Waals surface area (Å²) in [5, 5.41) is 12.5. The van der Waals surface area contributed by atoms with Gasteiger partial charge >= 0.3 is 0 Å². The molecule has 1 aromatic carbocycles. The number of anilines is 1. The largest absolute Gasteiger partial charge is 0.322 e. The van der Waals surface area contributed by atoms with E-state index in [4.69, 9.17) is 5.26 Å².